The highest BCUT2D eigenvalue weighted by atomic mass is 32.3. The van der Waals surface area contributed by atoms with Crippen LogP contribution in [0.3, 0.4) is 0 Å². The maximum Gasteiger partial charge on any atom is 0.274 e. The standard InChI is InChI=1S/C28H42O6S2Si3/c1-35(29,30)34-36(26-17-11-14-23(20-26)31-37(2,3)4,27-18-12-15-24(21-27)32-38(5,6)7)28-19-13-16-25(22-28)33-39(8,9)10/h11-22H,1-10H3. The van der Waals surface area contributed by atoms with Gasteiger partial charge in [-0.3, -0.25) is 0 Å². The molecule has 0 N–H and O–H groups in total. The fraction of sp³-hybridized carbons (Fsp3) is 0.357. The maximum absolute atomic E-state index is 13.0. The van der Waals surface area contributed by atoms with Gasteiger partial charge >= 0.3 is 0 Å². The van der Waals surface area contributed by atoms with Gasteiger partial charge in [-0.1, -0.05) is 18.2 Å². The second-order valence-electron chi connectivity index (χ2n) is 12.4. The lowest BCUT2D eigenvalue weighted by atomic mass is 10.3. The van der Waals surface area contributed by atoms with E-state index in [1.165, 1.54) is 0 Å². The summed E-state index contributed by atoms with van der Waals surface area (Å²) in [4.78, 5) is 2.12. The lowest BCUT2D eigenvalue weighted by Crippen LogP contribution is -2.29. The molecule has 0 heterocycles. The highest BCUT2D eigenvalue weighted by Crippen LogP contribution is 2.70. The molecular weight excluding hydrogens is 581 g/mol. The molecule has 0 aromatic heterocycles. The van der Waals surface area contributed by atoms with Crippen molar-refractivity contribution in [2.24, 2.45) is 0 Å². The van der Waals surface area contributed by atoms with Crippen LogP contribution in [0.5, 0.6) is 17.2 Å². The minimum atomic E-state index is -3.93. The molecule has 0 saturated heterocycles. The summed E-state index contributed by atoms with van der Waals surface area (Å²) in [5.74, 6) is 2.05. The van der Waals surface area contributed by atoms with E-state index in [9.17, 15) is 8.42 Å². The van der Waals surface area contributed by atoms with E-state index in [0.717, 1.165) is 6.26 Å². The van der Waals surface area contributed by atoms with Crippen molar-refractivity contribution in [1.82, 2.24) is 0 Å². The monoisotopic (exact) mass is 622 g/mol. The molecule has 214 valence electrons. The van der Waals surface area contributed by atoms with Crippen molar-refractivity contribution in [3.05, 3.63) is 72.8 Å². The molecule has 0 saturated carbocycles. The third-order valence-corrected chi connectivity index (χ3v) is 12.0. The minimum absolute atomic E-state index is 0.685. The fourth-order valence-corrected chi connectivity index (χ4v) is 11.3. The van der Waals surface area contributed by atoms with Crippen molar-refractivity contribution in [2.75, 3.05) is 6.26 Å². The van der Waals surface area contributed by atoms with E-state index in [1.54, 1.807) is 0 Å². The van der Waals surface area contributed by atoms with Crippen molar-refractivity contribution in [3.8, 4) is 17.2 Å². The summed E-state index contributed by atoms with van der Waals surface area (Å²) in [6, 6.07) is 22.9. The first-order chi connectivity index (χ1) is 17.8. The molecule has 3 aromatic carbocycles. The highest BCUT2D eigenvalue weighted by molar-refractivity contribution is 8.33. The van der Waals surface area contributed by atoms with Crippen molar-refractivity contribution >= 4 is 45.4 Å². The minimum Gasteiger partial charge on any atom is -0.544 e. The Hall–Kier alpha value is -2.03. The van der Waals surface area contributed by atoms with Crippen LogP contribution in [-0.4, -0.2) is 39.6 Å². The Kier molecular flexibility index (Phi) is 9.25. The third kappa shape index (κ3) is 9.26. The van der Waals surface area contributed by atoms with Gasteiger partial charge in [0.05, 0.1) is 6.26 Å². The van der Waals surface area contributed by atoms with Crippen LogP contribution in [0.2, 0.25) is 58.9 Å². The summed E-state index contributed by atoms with van der Waals surface area (Å²) in [7, 11) is -12.5. The quantitative estimate of drug-likeness (QED) is 0.200. The van der Waals surface area contributed by atoms with Crippen molar-refractivity contribution in [3.63, 3.8) is 0 Å². The molecular formula is C28H42O6S2Si3. The molecule has 0 radical (unpaired) electrons. The van der Waals surface area contributed by atoms with Gasteiger partial charge in [0.15, 0.2) is 0 Å². The van der Waals surface area contributed by atoms with E-state index >= 15 is 0 Å². The van der Waals surface area contributed by atoms with Crippen LogP contribution in [0.1, 0.15) is 0 Å². The van der Waals surface area contributed by atoms with E-state index in [2.05, 4.69) is 58.9 Å². The predicted molar refractivity (Wildman–Crippen MR) is 170 cm³/mol. The number of rotatable bonds is 11. The molecule has 0 unspecified atom stereocenters. The lowest BCUT2D eigenvalue weighted by molar-refractivity contribution is 0.513. The molecule has 0 spiro atoms. The van der Waals surface area contributed by atoms with E-state index in [0.29, 0.717) is 31.9 Å². The molecule has 0 aliphatic rings. The summed E-state index contributed by atoms with van der Waals surface area (Å²) < 4.78 is 51.3. The Morgan fingerprint density at radius 1 is 0.513 bits per heavy atom. The van der Waals surface area contributed by atoms with Gasteiger partial charge in [0.1, 0.15) is 17.2 Å². The van der Waals surface area contributed by atoms with Gasteiger partial charge in [-0.2, -0.15) is 8.42 Å². The van der Waals surface area contributed by atoms with Crippen LogP contribution < -0.4 is 13.3 Å². The van der Waals surface area contributed by atoms with Gasteiger partial charge in [-0.25, -0.2) is 3.63 Å². The van der Waals surface area contributed by atoms with Crippen LogP contribution in [0.15, 0.2) is 87.5 Å². The predicted octanol–water partition coefficient (Wildman–Crippen LogP) is 8.50. The number of benzene rings is 3. The van der Waals surface area contributed by atoms with Gasteiger partial charge in [-0.05, 0) is 124 Å². The molecule has 0 atom stereocenters. The van der Waals surface area contributed by atoms with Gasteiger partial charge in [0, 0.05) is 14.7 Å². The normalized spacial score (nSPS) is 13.6. The molecule has 3 rings (SSSR count). The molecule has 0 aliphatic carbocycles. The van der Waals surface area contributed by atoms with Crippen LogP contribution >= 0.6 is 10.3 Å². The molecule has 0 bridgehead atoms. The summed E-state index contributed by atoms with van der Waals surface area (Å²) in [5, 5.41) is 0. The van der Waals surface area contributed by atoms with Crippen LogP contribution in [0, 0.1) is 0 Å². The fourth-order valence-electron chi connectivity index (χ4n) is 3.92. The first-order valence-electron chi connectivity index (χ1n) is 12.9. The molecule has 11 heteroatoms. The zero-order valence-electron chi connectivity index (χ0n) is 24.7. The zero-order valence-corrected chi connectivity index (χ0v) is 29.3. The van der Waals surface area contributed by atoms with E-state index < -0.39 is 45.4 Å². The largest absolute Gasteiger partial charge is 0.544 e. The van der Waals surface area contributed by atoms with E-state index in [4.69, 9.17) is 16.9 Å². The van der Waals surface area contributed by atoms with Gasteiger partial charge in [0.2, 0.25) is 25.0 Å². The summed E-state index contributed by atoms with van der Waals surface area (Å²) in [6.07, 6.45) is 1.10. The Balaban J connectivity index is 2.40. The van der Waals surface area contributed by atoms with E-state index in [1.807, 2.05) is 72.8 Å². The van der Waals surface area contributed by atoms with Crippen LogP contribution in [-0.2, 0) is 13.7 Å². The second-order valence-corrected chi connectivity index (χ2v) is 30.2. The Bertz CT molecular complexity index is 1260. The topological polar surface area (TPSA) is 71.1 Å². The summed E-state index contributed by atoms with van der Waals surface area (Å²) >= 11 is 0. The number of hydrogen-bond donors (Lipinski definition) is 0. The average molecular weight is 623 g/mol. The highest BCUT2D eigenvalue weighted by Gasteiger charge is 2.38. The van der Waals surface area contributed by atoms with Gasteiger partial charge in [-0.15, -0.1) is 0 Å². The summed E-state index contributed by atoms with van der Waals surface area (Å²) in [5.41, 5.74) is 0. The zero-order chi connectivity index (χ0) is 29.3. The van der Waals surface area contributed by atoms with Crippen LogP contribution in [0.4, 0.5) is 0 Å². The maximum atomic E-state index is 13.0. The molecule has 0 amide bonds. The third-order valence-electron chi connectivity index (χ3n) is 4.91. The molecule has 6 nitrogen and oxygen atoms in total. The molecule has 3 aromatic rings. The Morgan fingerprint density at radius 3 is 1.03 bits per heavy atom. The molecule has 0 fully saturated rings. The van der Waals surface area contributed by atoms with Gasteiger partial charge < -0.3 is 13.3 Å². The Labute approximate surface area is 239 Å². The van der Waals surface area contributed by atoms with E-state index in [-0.39, 0.29) is 0 Å². The SMILES string of the molecule is C[Si](C)(C)Oc1cccc(S(OS(C)(=O)=O)(c2cccc(O[Si](C)(C)C)c2)c2cccc(O[Si](C)(C)C)c2)c1. The van der Waals surface area contributed by atoms with Crippen molar-refractivity contribution < 1.29 is 25.3 Å². The Morgan fingerprint density at radius 2 is 0.795 bits per heavy atom. The average Bonchev–Trinajstić information content (AvgIpc) is 2.74. The first kappa shape index (κ1) is 31.5. The first-order valence-corrected chi connectivity index (χ1v) is 26.5. The van der Waals surface area contributed by atoms with Gasteiger partial charge in [0.25, 0.3) is 10.1 Å². The lowest BCUT2D eigenvalue weighted by Gasteiger charge is -2.40. The number of hydrogen-bond acceptors (Lipinski definition) is 6. The summed E-state index contributed by atoms with van der Waals surface area (Å²) in [6.45, 7) is 19.0. The molecule has 0 aliphatic heterocycles. The smallest absolute Gasteiger partial charge is 0.274 e. The molecule has 39 heavy (non-hydrogen) atoms. The van der Waals surface area contributed by atoms with Crippen molar-refractivity contribution in [2.45, 2.75) is 73.6 Å². The van der Waals surface area contributed by atoms with Crippen molar-refractivity contribution in [1.29, 1.82) is 0 Å². The van der Waals surface area contributed by atoms with Crippen LogP contribution in [0.25, 0.3) is 0 Å². The second kappa shape index (κ2) is 11.5.